The van der Waals surface area contributed by atoms with Crippen molar-refractivity contribution in [1.29, 1.82) is 0 Å². The third-order valence-electron chi connectivity index (χ3n) is 4.47. The van der Waals surface area contributed by atoms with Gasteiger partial charge in [0.2, 0.25) is 11.5 Å². The van der Waals surface area contributed by atoms with Gasteiger partial charge in [0.15, 0.2) is 0 Å². The number of aromatic nitrogens is 4. The second kappa shape index (κ2) is 7.29. The zero-order valence-corrected chi connectivity index (χ0v) is 13.4. The first-order valence-electron chi connectivity index (χ1n) is 8.19. The van der Waals surface area contributed by atoms with Gasteiger partial charge in [0.05, 0.1) is 0 Å². The Hall–Kier alpha value is -2.64. The Bertz CT molecular complexity index is 778. The fourth-order valence-electron chi connectivity index (χ4n) is 3.10. The quantitative estimate of drug-likeness (QED) is 0.726. The van der Waals surface area contributed by atoms with Crippen LogP contribution in [0, 0.1) is 5.92 Å². The molecule has 1 aliphatic rings. The fraction of sp³-hybridized carbons (Fsp3) is 0.500. The average Bonchev–Trinajstić information content (AvgIpc) is 3.01. The highest BCUT2D eigenvalue weighted by atomic mass is 16.2. The molecule has 8 heteroatoms. The van der Waals surface area contributed by atoms with Gasteiger partial charge in [-0.15, -0.1) is 0 Å². The van der Waals surface area contributed by atoms with Crippen molar-refractivity contribution in [2.75, 3.05) is 13.1 Å². The van der Waals surface area contributed by atoms with Crippen molar-refractivity contribution in [2.24, 2.45) is 5.92 Å². The van der Waals surface area contributed by atoms with E-state index in [9.17, 15) is 14.4 Å². The molecule has 0 aliphatic carbocycles. The van der Waals surface area contributed by atoms with Crippen molar-refractivity contribution in [3.63, 3.8) is 0 Å². The second-order valence-corrected chi connectivity index (χ2v) is 6.21. The summed E-state index contributed by atoms with van der Waals surface area (Å²) in [5.41, 5.74) is 0.694. The summed E-state index contributed by atoms with van der Waals surface area (Å²) in [4.78, 5) is 41.4. The SMILES string of the molecule is O=C(CCc1n[nH]c(=O)[nH]1)N1CCC(Cc2ccc(=O)[nH]c2)CC1. The number of pyridine rings is 1. The number of nitrogens with zero attached hydrogens (tertiary/aromatic N) is 2. The Kier molecular flexibility index (Phi) is 4.93. The van der Waals surface area contributed by atoms with Gasteiger partial charge < -0.3 is 9.88 Å². The second-order valence-electron chi connectivity index (χ2n) is 6.21. The highest BCUT2D eigenvalue weighted by Gasteiger charge is 2.23. The number of aryl methyl sites for hydroxylation is 1. The molecule has 0 radical (unpaired) electrons. The van der Waals surface area contributed by atoms with Crippen LogP contribution in [0.1, 0.15) is 30.7 Å². The number of carbonyl (C=O) groups is 1. The molecule has 0 bridgehead atoms. The van der Waals surface area contributed by atoms with Crippen LogP contribution < -0.4 is 11.2 Å². The normalized spacial score (nSPS) is 15.6. The molecule has 0 unspecified atom stereocenters. The lowest BCUT2D eigenvalue weighted by atomic mass is 9.90. The van der Waals surface area contributed by atoms with Gasteiger partial charge in [-0.05, 0) is 30.7 Å². The van der Waals surface area contributed by atoms with Crippen LogP contribution in [0.15, 0.2) is 27.9 Å². The van der Waals surface area contributed by atoms with Gasteiger partial charge >= 0.3 is 5.69 Å². The predicted octanol–water partition coefficient (Wildman–Crippen LogP) is 0.200. The van der Waals surface area contributed by atoms with E-state index in [1.54, 1.807) is 12.3 Å². The third kappa shape index (κ3) is 4.21. The average molecular weight is 331 g/mol. The van der Waals surface area contributed by atoms with E-state index in [2.05, 4.69) is 20.2 Å². The molecular weight excluding hydrogens is 310 g/mol. The van der Waals surface area contributed by atoms with Crippen LogP contribution in [-0.4, -0.2) is 44.1 Å². The summed E-state index contributed by atoms with van der Waals surface area (Å²) >= 11 is 0. The van der Waals surface area contributed by atoms with Crippen LogP contribution in [0.2, 0.25) is 0 Å². The molecule has 1 aliphatic heterocycles. The molecule has 1 amide bonds. The number of piperidine rings is 1. The van der Waals surface area contributed by atoms with Crippen molar-refractivity contribution < 1.29 is 4.79 Å². The Morgan fingerprint density at radius 2 is 2.04 bits per heavy atom. The zero-order valence-electron chi connectivity index (χ0n) is 13.4. The number of hydrogen-bond acceptors (Lipinski definition) is 4. The molecule has 2 aromatic rings. The maximum absolute atomic E-state index is 12.2. The lowest BCUT2D eigenvalue weighted by molar-refractivity contribution is -0.132. The van der Waals surface area contributed by atoms with E-state index >= 15 is 0 Å². The van der Waals surface area contributed by atoms with E-state index in [-0.39, 0.29) is 17.2 Å². The van der Waals surface area contributed by atoms with Crippen molar-refractivity contribution in [3.05, 3.63) is 50.6 Å². The molecular formula is C16H21N5O3. The smallest absolute Gasteiger partial charge is 0.340 e. The van der Waals surface area contributed by atoms with Crippen LogP contribution in [0.3, 0.4) is 0 Å². The lowest BCUT2D eigenvalue weighted by Gasteiger charge is -2.32. The highest BCUT2D eigenvalue weighted by molar-refractivity contribution is 5.76. The number of rotatable bonds is 5. The van der Waals surface area contributed by atoms with E-state index in [1.807, 2.05) is 11.0 Å². The van der Waals surface area contributed by atoms with Gasteiger partial charge in [-0.3, -0.25) is 14.6 Å². The van der Waals surface area contributed by atoms with Crippen molar-refractivity contribution in [2.45, 2.75) is 32.1 Å². The molecule has 128 valence electrons. The van der Waals surface area contributed by atoms with E-state index in [1.165, 1.54) is 0 Å². The minimum atomic E-state index is -0.347. The monoisotopic (exact) mass is 331 g/mol. The number of hydrogen-bond donors (Lipinski definition) is 3. The number of carbonyl (C=O) groups excluding carboxylic acids is 1. The van der Waals surface area contributed by atoms with Crippen LogP contribution in [-0.2, 0) is 17.6 Å². The Balaban J connectivity index is 1.44. The van der Waals surface area contributed by atoms with Crippen molar-refractivity contribution >= 4 is 5.91 Å². The van der Waals surface area contributed by atoms with Crippen LogP contribution in [0.5, 0.6) is 0 Å². The number of H-pyrrole nitrogens is 3. The van der Waals surface area contributed by atoms with Crippen LogP contribution in [0.4, 0.5) is 0 Å². The minimum Gasteiger partial charge on any atom is -0.343 e. The molecule has 8 nitrogen and oxygen atoms in total. The molecule has 0 atom stereocenters. The molecule has 0 aromatic carbocycles. The third-order valence-corrected chi connectivity index (χ3v) is 4.47. The maximum atomic E-state index is 12.2. The van der Waals surface area contributed by atoms with E-state index in [0.29, 0.717) is 24.6 Å². The minimum absolute atomic E-state index is 0.0857. The summed E-state index contributed by atoms with van der Waals surface area (Å²) in [5, 5.41) is 6.11. The van der Waals surface area contributed by atoms with Crippen molar-refractivity contribution in [1.82, 2.24) is 25.1 Å². The molecule has 2 aromatic heterocycles. The topological polar surface area (TPSA) is 115 Å². The summed E-state index contributed by atoms with van der Waals surface area (Å²) in [5.74, 6) is 1.14. The Labute approximate surface area is 138 Å². The van der Waals surface area contributed by atoms with Crippen LogP contribution >= 0.6 is 0 Å². The largest absolute Gasteiger partial charge is 0.343 e. The molecule has 1 saturated heterocycles. The first kappa shape index (κ1) is 16.2. The molecule has 0 spiro atoms. The highest BCUT2D eigenvalue weighted by Crippen LogP contribution is 2.21. The summed E-state index contributed by atoms with van der Waals surface area (Å²) in [6.07, 6.45) is 5.41. The number of amides is 1. The van der Waals surface area contributed by atoms with Crippen molar-refractivity contribution in [3.8, 4) is 0 Å². The molecule has 24 heavy (non-hydrogen) atoms. The summed E-state index contributed by atoms with van der Waals surface area (Å²) < 4.78 is 0. The van der Waals surface area contributed by atoms with Gasteiger partial charge in [0, 0.05) is 38.2 Å². The maximum Gasteiger partial charge on any atom is 0.340 e. The first-order chi connectivity index (χ1) is 11.6. The number of aromatic amines is 3. The van der Waals surface area contributed by atoms with E-state index in [0.717, 1.165) is 37.9 Å². The van der Waals surface area contributed by atoms with Gasteiger partial charge in [-0.1, -0.05) is 6.07 Å². The number of likely N-dealkylation sites (tertiary alicyclic amines) is 1. The van der Waals surface area contributed by atoms with Gasteiger partial charge in [0.25, 0.3) is 0 Å². The predicted molar refractivity (Wildman–Crippen MR) is 87.6 cm³/mol. The fourth-order valence-corrected chi connectivity index (χ4v) is 3.10. The van der Waals surface area contributed by atoms with E-state index in [4.69, 9.17) is 0 Å². The molecule has 0 saturated carbocycles. The molecule has 1 fully saturated rings. The van der Waals surface area contributed by atoms with Gasteiger partial charge in [0.1, 0.15) is 5.82 Å². The Morgan fingerprint density at radius 3 is 2.67 bits per heavy atom. The zero-order chi connectivity index (χ0) is 16.9. The number of nitrogens with one attached hydrogen (secondary N) is 3. The summed E-state index contributed by atoms with van der Waals surface area (Å²) in [7, 11) is 0. The molecule has 3 heterocycles. The van der Waals surface area contributed by atoms with E-state index < -0.39 is 0 Å². The summed E-state index contributed by atoms with van der Waals surface area (Å²) in [6.45, 7) is 1.51. The standard InChI is InChI=1S/C16H21N5O3/c22-14-3-1-12(10-17-14)9-11-5-7-21(8-6-11)15(23)4-2-13-18-16(24)20-19-13/h1,3,10-11H,2,4-9H2,(H,17,22)(H2,18,19,20,24). The van der Waals surface area contributed by atoms with Gasteiger partial charge in [-0.2, -0.15) is 5.10 Å². The molecule has 3 N–H and O–H groups in total. The molecule has 3 rings (SSSR count). The lowest BCUT2D eigenvalue weighted by Crippen LogP contribution is -2.39. The summed E-state index contributed by atoms with van der Waals surface area (Å²) in [6, 6.07) is 3.41. The Morgan fingerprint density at radius 1 is 1.25 bits per heavy atom. The van der Waals surface area contributed by atoms with Gasteiger partial charge in [-0.25, -0.2) is 9.89 Å². The van der Waals surface area contributed by atoms with Crippen LogP contribution in [0.25, 0.3) is 0 Å². The first-order valence-corrected chi connectivity index (χ1v) is 8.19.